The highest BCUT2D eigenvalue weighted by molar-refractivity contribution is 7.98. The van der Waals surface area contributed by atoms with Crippen LogP contribution in [0.25, 0.3) is 0 Å². The molecule has 0 saturated carbocycles. The predicted octanol–water partition coefficient (Wildman–Crippen LogP) is 4.02. The first-order valence-electron chi connectivity index (χ1n) is 7.09. The number of anilines is 2. The van der Waals surface area contributed by atoms with E-state index in [2.05, 4.69) is 10.6 Å². The molecule has 3 rings (SSSR count). The van der Waals surface area contributed by atoms with Crippen LogP contribution in [0.15, 0.2) is 47.4 Å². The molecular weight excluding hydrogens is 280 g/mol. The highest BCUT2D eigenvalue weighted by Gasteiger charge is 2.17. The number of hydrogen-bond donors (Lipinski definition) is 2. The molecule has 0 unspecified atom stereocenters. The fourth-order valence-electron chi connectivity index (χ4n) is 2.62. The molecule has 1 aliphatic heterocycles. The zero-order chi connectivity index (χ0) is 14.7. The van der Waals surface area contributed by atoms with E-state index in [0.717, 1.165) is 46.8 Å². The molecule has 0 fully saturated rings. The van der Waals surface area contributed by atoms with Crippen molar-refractivity contribution in [2.45, 2.75) is 17.7 Å². The van der Waals surface area contributed by atoms with Crippen molar-refractivity contribution in [3.8, 4) is 0 Å². The first-order chi connectivity index (χ1) is 10.3. The van der Waals surface area contributed by atoms with Crippen molar-refractivity contribution < 1.29 is 4.79 Å². The quantitative estimate of drug-likeness (QED) is 0.841. The first kappa shape index (κ1) is 14.0. The third-order valence-corrected chi connectivity index (χ3v) is 4.39. The maximum Gasteiger partial charge on any atom is 0.256 e. The van der Waals surface area contributed by atoms with Crippen LogP contribution in [0.2, 0.25) is 0 Å². The minimum absolute atomic E-state index is 0.0335. The Hall–Kier alpha value is -1.94. The maximum atomic E-state index is 12.5. The van der Waals surface area contributed by atoms with Gasteiger partial charge in [-0.25, -0.2) is 0 Å². The monoisotopic (exact) mass is 298 g/mol. The second-order valence-electron chi connectivity index (χ2n) is 5.05. The maximum absolute atomic E-state index is 12.5. The van der Waals surface area contributed by atoms with Crippen molar-refractivity contribution in [2.24, 2.45) is 0 Å². The van der Waals surface area contributed by atoms with E-state index in [9.17, 15) is 4.79 Å². The molecule has 4 heteroatoms. The van der Waals surface area contributed by atoms with Gasteiger partial charge in [0.05, 0.1) is 0 Å². The van der Waals surface area contributed by atoms with E-state index in [1.807, 2.05) is 48.7 Å². The lowest BCUT2D eigenvalue weighted by Crippen LogP contribution is -2.19. The van der Waals surface area contributed by atoms with Crippen LogP contribution in [-0.4, -0.2) is 18.7 Å². The van der Waals surface area contributed by atoms with Gasteiger partial charge in [0.1, 0.15) is 0 Å². The van der Waals surface area contributed by atoms with Crippen LogP contribution < -0.4 is 10.6 Å². The number of carbonyl (C=O) groups excluding carboxylic acids is 1. The van der Waals surface area contributed by atoms with Crippen LogP contribution in [-0.2, 0) is 6.42 Å². The van der Waals surface area contributed by atoms with E-state index in [0.29, 0.717) is 0 Å². The number of amides is 1. The zero-order valence-corrected chi connectivity index (χ0v) is 12.8. The smallest absolute Gasteiger partial charge is 0.256 e. The number of fused-ring (bicyclic) bond motifs is 1. The van der Waals surface area contributed by atoms with Gasteiger partial charge in [0.25, 0.3) is 5.91 Å². The predicted molar refractivity (Wildman–Crippen MR) is 89.4 cm³/mol. The molecule has 21 heavy (non-hydrogen) atoms. The summed E-state index contributed by atoms with van der Waals surface area (Å²) >= 11 is 1.67. The van der Waals surface area contributed by atoms with Gasteiger partial charge in [-0.05, 0) is 55.0 Å². The largest absolute Gasteiger partial charge is 0.385 e. The Morgan fingerprint density at radius 3 is 2.95 bits per heavy atom. The Kier molecular flexibility index (Phi) is 4.15. The van der Waals surface area contributed by atoms with Crippen molar-refractivity contribution in [1.82, 2.24) is 0 Å². The zero-order valence-electron chi connectivity index (χ0n) is 12.0. The van der Waals surface area contributed by atoms with Crippen molar-refractivity contribution >= 4 is 29.0 Å². The van der Waals surface area contributed by atoms with E-state index >= 15 is 0 Å². The van der Waals surface area contributed by atoms with Gasteiger partial charge < -0.3 is 10.6 Å². The Morgan fingerprint density at radius 2 is 2.10 bits per heavy atom. The molecule has 0 bridgehead atoms. The second-order valence-corrected chi connectivity index (χ2v) is 5.93. The van der Waals surface area contributed by atoms with Crippen LogP contribution in [0.1, 0.15) is 22.3 Å². The molecular formula is C17H18N2OS. The Bertz CT molecular complexity index is 670. The first-order valence-corrected chi connectivity index (χ1v) is 8.31. The third kappa shape index (κ3) is 3.05. The summed E-state index contributed by atoms with van der Waals surface area (Å²) < 4.78 is 0. The summed E-state index contributed by atoms with van der Waals surface area (Å²) in [6, 6.07) is 13.8. The lowest BCUT2D eigenvalue weighted by Gasteiger charge is -2.20. The Balaban J connectivity index is 1.85. The average molecular weight is 298 g/mol. The van der Waals surface area contributed by atoms with E-state index in [1.165, 1.54) is 0 Å². The van der Waals surface area contributed by atoms with Crippen LogP contribution in [0.4, 0.5) is 11.4 Å². The van der Waals surface area contributed by atoms with Crippen LogP contribution >= 0.6 is 11.8 Å². The molecule has 1 heterocycles. The molecule has 108 valence electrons. The highest BCUT2D eigenvalue weighted by atomic mass is 32.2. The Morgan fingerprint density at radius 1 is 1.24 bits per heavy atom. The summed E-state index contributed by atoms with van der Waals surface area (Å²) in [4.78, 5) is 13.7. The summed E-state index contributed by atoms with van der Waals surface area (Å²) in [5.41, 5.74) is 3.83. The highest BCUT2D eigenvalue weighted by Crippen LogP contribution is 2.26. The summed E-state index contributed by atoms with van der Waals surface area (Å²) in [5, 5.41) is 6.36. The van der Waals surface area contributed by atoms with Gasteiger partial charge >= 0.3 is 0 Å². The van der Waals surface area contributed by atoms with Crippen LogP contribution in [0.3, 0.4) is 0 Å². The van der Waals surface area contributed by atoms with Crippen molar-refractivity contribution in [2.75, 3.05) is 23.4 Å². The summed E-state index contributed by atoms with van der Waals surface area (Å²) in [7, 11) is 0. The number of rotatable bonds is 3. The van der Waals surface area contributed by atoms with Crippen LogP contribution in [0.5, 0.6) is 0 Å². The third-order valence-electron chi connectivity index (χ3n) is 3.67. The molecule has 0 saturated heterocycles. The molecule has 1 amide bonds. The van der Waals surface area contributed by atoms with Crippen molar-refractivity contribution in [3.05, 3.63) is 53.6 Å². The van der Waals surface area contributed by atoms with Gasteiger partial charge in [0.15, 0.2) is 0 Å². The molecule has 0 spiro atoms. The topological polar surface area (TPSA) is 41.1 Å². The molecule has 1 aliphatic rings. The Labute approximate surface area is 129 Å². The van der Waals surface area contributed by atoms with Crippen molar-refractivity contribution in [3.63, 3.8) is 0 Å². The molecule has 2 N–H and O–H groups in total. The van der Waals surface area contributed by atoms with Crippen molar-refractivity contribution in [1.29, 1.82) is 0 Å². The minimum Gasteiger partial charge on any atom is -0.385 e. The minimum atomic E-state index is -0.0335. The number of thioether (sulfide) groups is 1. The SMILES string of the molecule is CSc1cccc(NC(=O)c2cccc3c2CCCN3)c1. The van der Waals surface area contributed by atoms with E-state index < -0.39 is 0 Å². The van der Waals surface area contributed by atoms with E-state index in [1.54, 1.807) is 11.8 Å². The van der Waals surface area contributed by atoms with Gasteiger partial charge in [-0.2, -0.15) is 0 Å². The lowest BCUT2D eigenvalue weighted by atomic mass is 9.97. The molecule has 0 radical (unpaired) electrons. The van der Waals surface area contributed by atoms with Gasteiger partial charge in [0, 0.05) is 28.4 Å². The molecule has 0 aliphatic carbocycles. The summed E-state index contributed by atoms with van der Waals surface area (Å²) in [5.74, 6) is -0.0335. The molecule has 3 nitrogen and oxygen atoms in total. The average Bonchev–Trinajstić information content (AvgIpc) is 2.54. The van der Waals surface area contributed by atoms with Gasteiger partial charge in [-0.1, -0.05) is 12.1 Å². The van der Waals surface area contributed by atoms with Gasteiger partial charge in [-0.3, -0.25) is 4.79 Å². The number of benzene rings is 2. The fourth-order valence-corrected chi connectivity index (χ4v) is 3.08. The standard InChI is InChI=1S/C17H18N2OS/c1-21-13-6-2-5-12(11-13)19-17(20)15-7-3-9-16-14(15)8-4-10-18-16/h2-3,5-7,9,11,18H,4,8,10H2,1H3,(H,19,20). The van der Waals surface area contributed by atoms with E-state index in [-0.39, 0.29) is 5.91 Å². The normalized spacial score (nSPS) is 13.2. The lowest BCUT2D eigenvalue weighted by molar-refractivity contribution is 0.102. The fraction of sp³-hybridized carbons (Fsp3) is 0.235. The van der Waals surface area contributed by atoms with E-state index in [4.69, 9.17) is 0 Å². The number of nitrogens with one attached hydrogen (secondary N) is 2. The van der Waals surface area contributed by atoms with Gasteiger partial charge in [-0.15, -0.1) is 11.8 Å². The molecule has 0 atom stereocenters. The molecule has 2 aromatic rings. The van der Waals surface area contributed by atoms with Gasteiger partial charge in [0.2, 0.25) is 0 Å². The van der Waals surface area contributed by atoms with Crippen LogP contribution in [0, 0.1) is 0 Å². The summed E-state index contributed by atoms with van der Waals surface area (Å²) in [6.45, 7) is 0.980. The summed E-state index contributed by atoms with van der Waals surface area (Å²) in [6.07, 6.45) is 4.05. The number of hydrogen-bond acceptors (Lipinski definition) is 3. The number of carbonyl (C=O) groups is 1. The molecule has 2 aromatic carbocycles. The second kappa shape index (κ2) is 6.22. The molecule has 0 aromatic heterocycles.